The molecule has 5 heteroatoms. The van der Waals surface area contributed by atoms with Gasteiger partial charge in [-0.25, -0.2) is 9.50 Å². The van der Waals surface area contributed by atoms with E-state index >= 15 is 0 Å². The second-order valence-corrected chi connectivity index (χ2v) is 3.20. The molecule has 0 aromatic carbocycles. The van der Waals surface area contributed by atoms with Crippen LogP contribution in [0.1, 0.15) is 0 Å². The Labute approximate surface area is 73.8 Å². The van der Waals surface area contributed by atoms with Gasteiger partial charge in [-0.05, 0) is 12.3 Å². The molecular formula is C7H8N4S. The number of hydrogen-bond donors (Lipinski definition) is 1. The maximum Gasteiger partial charge on any atom is 0.146 e. The average Bonchev–Trinajstić information content (AvgIpc) is 2.43. The van der Waals surface area contributed by atoms with Crippen LogP contribution in [-0.4, -0.2) is 20.9 Å². The first-order valence-corrected chi connectivity index (χ1v) is 4.67. The zero-order chi connectivity index (χ0) is 8.55. The van der Waals surface area contributed by atoms with Gasteiger partial charge in [-0.2, -0.15) is 0 Å². The minimum absolute atomic E-state index is 0.523. The zero-order valence-corrected chi connectivity index (χ0v) is 7.38. The fraction of sp³-hybridized carbons (Fsp3) is 0.143. The van der Waals surface area contributed by atoms with Gasteiger partial charge in [-0.3, -0.25) is 0 Å². The number of nitrogens with two attached hydrogens (primary N) is 1. The number of fused-ring (bicyclic) bond motifs is 1. The van der Waals surface area contributed by atoms with Gasteiger partial charge in [-0.1, -0.05) is 0 Å². The standard InChI is InChI=1S/C7H8N4S/c1-12-7-3-5-2-6(8)10-11(5)4-9-7/h2-4H,1H3,(H2,8,10). The molecule has 2 N–H and O–H groups in total. The van der Waals surface area contributed by atoms with Crippen LogP contribution in [0.25, 0.3) is 5.52 Å². The molecule has 0 atom stereocenters. The Morgan fingerprint density at radius 1 is 1.50 bits per heavy atom. The summed E-state index contributed by atoms with van der Waals surface area (Å²) in [6, 6.07) is 3.77. The predicted molar refractivity (Wildman–Crippen MR) is 49.2 cm³/mol. The lowest BCUT2D eigenvalue weighted by molar-refractivity contribution is 0.897. The molecule has 0 fully saturated rings. The highest BCUT2D eigenvalue weighted by molar-refractivity contribution is 7.98. The van der Waals surface area contributed by atoms with E-state index < -0.39 is 0 Å². The highest BCUT2D eigenvalue weighted by atomic mass is 32.2. The molecule has 0 saturated carbocycles. The van der Waals surface area contributed by atoms with Crippen LogP contribution in [0.5, 0.6) is 0 Å². The van der Waals surface area contributed by atoms with Gasteiger partial charge < -0.3 is 5.73 Å². The van der Waals surface area contributed by atoms with Crippen molar-refractivity contribution in [3.63, 3.8) is 0 Å². The molecule has 0 aliphatic rings. The van der Waals surface area contributed by atoms with Crippen molar-refractivity contribution in [3.8, 4) is 0 Å². The Morgan fingerprint density at radius 3 is 3.08 bits per heavy atom. The smallest absolute Gasteiger partial charge is 0.146 e. The minimum atomic E-state index is 0.523. The second-order valence-electron chi connectivity index (χ2n) is 2.37. The molecule has 2 heterocycles. The number of anilines is 1. The van der Waals surface area contributed by atoms with Gasteiger partial charge in [0.2, 0.25) is 0 Å². The number of nitrogens with zero attached hydrogens (tertiary/aromatic N) is 3. The summed E-state index contributed by atoms with van der Waals surface area (Å²) in [7, 11) is 0. The Morgan fingerprint density at radius 2 is 2.33 bits per heavy atom. The Balaban J connectivity index is 2.66. The lowest BCUT2D eigenvalue weighted by Gasteiger charge is -1.94. The Hall–Kier alpha value is -1.23. The number of aromatic nitrogens is 3. The summed E-state index contributed by atoms with van der Waals surface area (Å²) in [5, 5.41) is 4.99. The monoisotopic (exact) mass is 180 g/mol. The summed E-state index contributed by atoms with van der Waals surface area (Å²) < 4.78 is 1.66. The first-order valence-electron chi connectivity index (χ1n) is 3.44. The van der Waals surface area contributed by atoms with Crippen molar-refractivity contribution in [1.82, 2.24) is 14.6 Å². The van der Waals surface area contributed by atoms with Gasteiger partial charge in [0.15, 0.2) is 0 Å². The number of thioether (sulfide) groups is 1. The molecule has 0 bridgehead atoms. The second kappa shape index (κ2) is 2.67. The normalized spacial score (nSPS) is 10.8. The Kier molecular flexibility index (Phi) is 1.65. The first-order chi connectivity index (χ1) is 5.79. The van der Waals surface area contributed by atoms with E-state index in [2.05, 4.69) is 10.1 Å². The van der Waals surface area contributed by atoms with E-state index in [9.17, 15) is 0 Å². The molecule has 2 rings (SSSR count). The Bertz CT molecular complexity index is 409. The van der Waals surface area contributed by atoms with E-state index in [0.29, 0.717) is 5.82 Å². The van der Waals surface area contributed by atoms with Crippen molar-refractivity contribution in [1.29, 1.82) is 0 Å². The van der Waals surface area contributed by atoms with Crippen molar-refractivity contribution in [3.05, 3.63) is 18.5 Å². The molecule has 62 valence electrons. The van der Waals surface area contributed by atoms with E-state index in [1.54, 1.807) is 22.6 Å². The van der Waals surface area contributed by atoms with E-state index in [4.69, 9.17) is 5.73 Å². The third-order valence-corrected chi connectivity index (χ3v) is 2.20. The van der Waals surface area contributed by atoms with Crippen LogP contribution >= 0.6 is 11.8 Å². The fourth-order valence-electron chi connectivity index (χ4n) is 1.02. The van der Waals surface area contributed by atoms with Gasteiger partial charge in [0.25, 0.3) is 0 Å². The van der Waals surface area contributed by atoms with E-state index in [1.807, 2.05) is 18.4 Å². The maximum atomic E-state index is 5.52. The molecule has 0 spiro atoms. The van der Waals surface area contributed by atoms with Gasteiger partial charge in [0.1, 0.15) is 12.1 Å². The zero-order valence-electron chi connectivity index (χ0n) is 6.56. The third-order valence-electron chi connectivity index (χ3n) is 1.56. The van der Waals surface area contributed by atoms with Crippen molar-refractivity contribution in [2.75, 3.05) is 12.0 Å². The molecule has 0 aliphatic heterocycles. The van der Waals surface area contributed by atoms with E-state index in [0.717, 1.165) is 10.5 Å². The molecule has 2 aromatic heterocycles. The summed E-state index contributed by atoms with van der Waals surface area (Å²) in [5.74, 6) is 0.523. The summed E-state index contributed by atoms with van der Waals surface area (Å²) in [5.41, 5.74) is 6.49. The van der Waals surface area contributed by atoms with Crippen LogP contribution < -0.4 is 5.73 Å². The van der Waals surface area contributed by atoms with Crippen molar-refractivity contribution >= 4 is 23.1 Å². The SMILES string of the molecule is CSc1cc2cc(N)nn2cn1. The molecule has 4 nitrogen and oxygen atoms in total. The molecule has 0 amide bonds. The quantitative estimate of drug-likeness (QED) is 0.526. The number of nitrogen functional groups attached to an aromatic ring is 1. The van der Waals surface area contributed by atoms with Crippen molar-refractivity contribution in [2.24, 2.45) is 0 Å². The van der Waals surface area contributed by atoms with Crippen LogP contribution in [0.3, 0.4) is 0 Å². The maximum absolute atomic E-state index is 5.52. The molecule has 0 radical (unpaired) electrons. The van der Waals surface area contributed by atoms with Crippen LogP contribution in [0.4, 0.5) is 5.82 Å². The number of hydrogen-bond acceptors (Lipinski definition) is 4. The molecule has 0 unspecified atom stereocenters. The van der Waals surface area contributed by atoms with E-state index in [-0.39, 0.29) is 0 Å². The molecule has 0 aliphatic carbocycles. The van der Waals surface area contributed by atoms with Crippen molar-refractivity contribution < 1.29 is 0 Å². The largest absolute Gasteiger partial charge is 0.382 e. The first kappa shape index (κ1) is 7.42. The molecule has 2 aromatic rings. The lowest BCUT2D eigenvalue weighted by atomic mass is 10.5. The highest BCUT2D eigenvalue weighted by Crippen LogP contribution is 2.14. The van der Waals surface area contributed by atoms with Gasteiger partial charge in [0, 0.05) is 6.07 Å². The lowest BCUT2D eigenvalue weighted by Crippen LogP contribution is -1.90. The number of rotatable bonds is 1. The predicted octanol–water partition coefficient (Wildman–Crippen LogP) is 1.03. The summed E-state index contributed by atoms with van der Waals surface area (Å²) in [6.45, 7) is 0. The highest BCUT2D eigenvalue weighted by Gasteiger charge is 1.98. The summed E-state index contributed by atoms with van der Waals surface area (Å²) in [6.07, 6.45) is 3.65. The average molecular weight is 180 g/mol. The summed E-state index contributed by atoms with van der Waals surface area (Å²) >= 11 is 1.60. The van der Waals surface area contributed by atoms with E-state index in [1.165, 1.54) is 0 Å². The summed E-state index contributed by atoms with van der Waals surface area (Å²) in [4.78, 5) is 4.15. The molecule has 0 saturated heterocycles. The van der Waals surface area contributed by atoms with Crippen LogP contribution in [0.2, 0.25) is 0 Å². The van der Waals surface area contributed by atoms with Gasteiger partial charge >= 0.3 is 0 Å². The third kappa shape index (κ3) is 1.12. The fourth-order valence-corrected chi connectivity index (χ4v) is 1.41. The van der Waals surface area contributed by atoms with Gasteiger partial charge in [-0.15, -0.1) is 16.9 Å². The van der Waals surface area contributed by atoms with Crippen LogP contribution in [-0.2, 0) is 0 Å². The van der Waals surface area contributed by atoms with Crippen LogP contribution in [0.15, 0.2) is 23.5 Å². The van der Waals surface area contributed by atoms with Crippen molar-refractivity contribution in [2.45, 2.75) is 5.03 Å². The molecular weight excluding hydrogens is 172 g/mol. The van der Waals surface area contributed by atoms with Crippen LogP contribution in [0, 0.1) is 0 Å². The molecule has 12 heavy (non-hydrogen) atoms. The van der Waals surface area contributed by atoms with Gasteiger partial charge in [0.05, 0.1) is 10.5 Å². The topological polar surface area (TPSA) is 56.2 Å². The minimum Gasteiger partial charge on any atom is -0.382 e.